The molecule has 5 heteroatoms. The zero-order valence-electron chi connectivity index (χ0n) is 11.5. The van der Waals surface area contributed by atoms with Gasteiger partial charge in [0.2, 0.25) is 0 Å². The number of hydrogen-bond acceptors (Lipinski definition) is 2. The maximum atomic E-state index is 12.3. The van der Waals surface area contributed by atoms with E-state index in [9.17, 15) is 13.2 Å². The first-order valence-electron chi connectivity index (χ1n) is 6.32. The topological polar surface area (TPSA) is 21.3 Å². The molecule has 0 spiro atoms. The van der Waals surface area contributed by atoms with Gasteiger partial charge in [0.1, 0.15) is 5.75 Å². The molecule has 1 N–H and O–H groups in total. The van der Waals surface area contributed by atoms with E-state index in [1.165, 1.54) is 0 Å². The first kappa shape index (κ1) is 15.8. The molecular weight excluding hydrogens is 255 g/mol. The van der Waals surface area contributed by atoms with Gasteiger partial charge in [-0.3, -0.25) is 0 Å². The van der Waals surface area contributed by atoms with Crippen molar-refractivity contribution in [3.05, 3.63) is 29.3 Å². The van der Waals surface area contributed by atoms with Gasteiger partial charge in [-0.1, -0.05) is 19.1 Å². The Morgan fingerprint density at radius 2 is 2.00 bits per heavy atom. The molecule has 0 aromatic heterocycles. The van der Waals surface area contributed by atoms with Gasteiger partial charge in [-0.05, 0) is 37.1 Å². The normalized spacial score (nSPS) is 13.4. The first-order chi connectivity index (χ1) is 8.87. The van der Waals surface area contributed by atoms with Crippen LogP contribution in [0.1, 0.15) is 36.9 Å². The molecule has 1 rings (SSSR count). The van der Waals surface area contributed by atoms with E-state index in [4.69, 9.17) is 4.74 Å². The highest BCUT2D eigenvalue weighted by atomic mass is 19.4. The van der Waals surface area contributed by atoms with E-state index in [1.807, 2.05) is 26.0 Å². The van der Waals surface area contributed by atoms with Gasteiger partial charge in [-0.2, -0.15) is 13.2 Å². The van der Waals surface area contributed by atoms with Gasteiger partial charge in [0, 0.05) is 12.5 Å². The molecule has 1 aromatic rings. The lowest BCUT2D eigenvalue weighted by Crippen LogP contribution is -2.23. The van der Waals surface area contributed by atoms with Crippen LogP contribution in [0.4, 0.5) is 13.2 Å². The lowest BCUT2D eigenvalue weighted by atomic mass is 10.00. The molecule has 1 unspecified atom stereocenters. The van der Waals surface area contributed by atoms with Gasteiger partial charge in [0.15, 0.2) is 0 Å². The molecule has 0 fully saturated rings. The van der Waals surface area contributed by atoms with Crippen LogP contribution in [0.2, 0.25) is 0 Å². The van der Waals surface area contributed by atoms with Crippen molar-refractivity contribution in [3.63, 3.8) is 0 Å². The minimum absolute atomic E-state index is 0.0313. The standard InChI is InChI=1S/C14H20F3NO/c1-4-18-12(7-8-14(15,16)17)11-6-5-10(2)13(9-11)19-3/h5-6,9,12,18H,4,7-8H2,1-3H3. The fourth-order valence-electron chi connectivity index (χ4n) is 1.99. The SMILES string of the molecule is CCNC(CCC(F)(F)F)c1ccc(C)c(OC)c1. The highest BCUT2D eigenvalue weighted by molar-refractivity contribution is 5.37. The molecule has 0 aliphatic carbocycles. The summed E-state index contributed by atoms with van der Waals surface area (Å²) >= 11 is 0. The molecule has 0 aliphatic rings. The molecule has 0 amide bonds. The predicted octanol–water partition coefficient (Wildman–Crippen LogP) is 4.00. The van der Waals surface area contributed by atoms with E-state index < -0.39 is 12.6 Å². The summed E-state index contributed by atoms with van der Waals surface area (Å²) in [4.78, 5) is 0. The Hall–Kier alpha value is -1.23. The minimum atomic E-state index is -4.12. The van der Waals surface area contributed by atoms with Crippen LogP contribution in [-0.4, -0.2) is 19.8 Å². The number of benzene rings is 1. The average molecular weight is 275 g/mol. The van der Waals surface area contributed by atoms with E-state index in [0.717, 1.165) is 11.1 Å². The lowest BCUT2D eigenvalue weighted by molar-refractivity contribution is -0.136. The third kappa shape index (κ3) is 5.11. The number of nitrogens with one attached hydrogen (secondary N) is 1. The Morgan fingerprint density at radius 3 is 2.53 bits per heavy atom. The summed E-state index contributed by atoms with van der Waals surface area (Å²) in [6.07, 6.45) is -4.88. The first-order valence-corrected chi connectivity index (χ1v) is 6.32. The van der Waals surface area contributed by atoms with Crippen LogP contribution in [0.15, 0.2) is 18.2 Å². The molecule has 0 aliphatic heterocycles. The third-order valence-corrected chi connectivity index (χ3v) is 3.00. The number of hydrogen-bond donors (Lipinski definition) is 1. The predicted molar refractivity (Wildman–Crippen MR) is 69.4 cm³/mol. The summed E-state index contributed by atoms with van der Waals surface area (Å²) in [5, 5.41) is 3.09. The van der Waals surface area contributed by atoms with Crippen molar-refractivity contribution in [1.82, 2.24) is 5.32 Å². The van der Waals surface area contributed by atoms with Gasteiger partial charge < -0.3 is 10.1 Å². The fourth-order valence-corrected chi connectivity index (χ4v) is 1.99. The Morgan fingerprint density at radius 1 is 1.32 bits per heavy atom. The van der Waals surface area contributed by atoms with Crippen molar-refractivity contribution >= 4 is 0 Å². The molecule has 1 atom stereocenters. The van der Waals surface area contributed by atoms with Gasteiger partial charge in [0.25, 0.3) is 0 Å². The van der Waals surface area contributed by atoms with E-state index in [2.05, 4.69) is 5.32 Å². The van der Waals surface area contributed by atoms with E-state index >= 15 is 0 Å². The minimum Gasteiger partial charge on any atom is -0.496 e. The van der Waals surface area contributed by atoms with Crippen LogP contribution in [-0.2, 0) is 0 Å². The fraction of sp³-hybridized carbons (Fsp3) is 0.571. The van der Waals surface area contributed by atoms with Crippen molar-refractivity contribution in [1.29, 1.82) is 0 Å². The van der Waals surface area contributed by atoms with Crippen LogP contribution in [0, 0.1) is 6.92 Å². The number of ether oxygens (including phenoxy) is 1. The highest BCUT2D eigenvalue weighted by Gasteiger charge is 2.28. The molecule has 19 heavy (non-hydrogen) atoms. The third-order valence-electron chi connectivity index (χ3n) is 3.00. The summed E-state index contributed by atoms with van der Waals surface area (Å²) in [6.45, 7) is 4.41. The zero-order chi connectivity index (χ0) is 14.5. The van der Waals surface area contributed by atoms with Gasteiger partial charge in [0.05, 0.1) is 7.11 Å². The Balaban J connectivity index is 2.86. The maximum Gasteiger partial charge on any atom is 0.389 e. The van der Waals surface area contributed by atoms with Gasteiger partial charge in [-0.25, -0.2) is 0 Å². The highest BCUT2D eigenvalue weighted by Crippen LogP contribution is 2.30. The van der Waals surface area contributed by atoms with Crippen LogP contribution in [0.25, 0.3) is 0 Å². The van der Waals surface area contributed by atoms with Crippen LogP contribution in [0.3, 0.4) is 0 Å². The smallest absolute Gasteiger partial charge is 0.389 e. The largest absolute Gasteiger partial charge is 0.496 e. The summed E-state index contributed by atoms with van der Waals surface area (Å²) in [5.74, 6) is 0.701. The average Bonchev–Trinajstić information content (AvgIpc) is 2.34. The number of halogens is 3. The molecule has 0 bridgehead atoms. The second kappa shape index (κ2) is 6.80. The van der Waals surface area contributed by atoms with Gasteiger partial charge in [-0.15, -0.1) is 0 Å². The molecule has 108 valence electrons. The molecule has 0 saturated carbocycles. The monoisotopic (exact) mass is 275 g/mol. The molecular formula is C14H20F3NO. The van der Waals surface area contributed by atoms with E-state index in [0.29, 0.717) is 12.3 Å². The van der Waals surface area contributed by atoms with Crippen LogP contribution in [0.5, 0.6) is 5.75 Å². The van der Waals surface area contributed by atoms with Crippen molar-refractivity contribution in [2.75, 3.05) is 13.7 Å². The van der Waals surface area contributed by atoms with E-state index in [1.54, 1.807) is 13.2 Å². The van der Waals surface area contributed by atoms with Gasteiger partial charge >= 0.3 is 6.18 Å². The summed E-state index contributed by atoms with van der Waals surface area (Å²) in [6, 6.07) is 5.22. The summed E-state index contributed by atoms with van der Waals surface area (Å²) < 4.78 is 42.2. The number of rotatable bonds is 6. The second-order valence-electron chi connectivity index (χ2n) is 4.49. The molecule has 1 aromatic carbocycles. The number of methoxy groups -OCH3 is 1. The summed E-state index contributed by atoms with van der Waals surface area (Å²) in [5.41, 5.74) is 1.80. The van der Waals surface area contributed by atoms with Crippen molar-refractivity contribution < 1.29 is 17.9 Å². The van der Waals surface area contributed by atoms with Crippen molar-refractivity contribution in [2.45, 2.75) is 38.9 Å². The molecule has 0 saturated heterocycles. The van der Waals surface area contributed by atoms with Crippen LogP contribution >= 0.6 is 0 Å². The number of aryl methyl sites for hydroxylation is 1. The second-order valence-corrected chi connectivity index (χ2v) is 4.49. The maximum absolute atomic E-state index is 12.3. The van der Waals surface area contributed by atoms with Crippen molar-refractivity contribution in [2.24, 2.45) is 0 Å². The zero-order valence-corrected chi connectivity index (χ0v) is 11.5. The Bertz CT molecular complexity index is 404. The summed E-state index contributed by atoms with van der Waals surface area (Å²) in [7, 11) is 1.56. The van der Waals surface area contributed by atoms with Crippen LogP contribution < -0.4 is 10.1 Å². The Kier molecular flexibility index (Phi) is 5.66. The lowest BCUT2D eigenvalue weighted by Gasteiger charge is -2.20. The number of alkyl halides is 3. The quantitative estimate of drug-likeness (QED) is 0.847. The van der Waals surface area contributed by atoms with Crippen molar-refractivity contribution in [3.8, 4) is 5.75 Å². The molecule has 0 heterocycles. The van der Waals surface area contributed by atoms with E-state index in [-0.39, 0.29) is 12.5 Å². The molecule has 2 nitrogen and oxygen atoms in total. The molecule has 0 radical (unpaired) electrons. The Labute approximate surface area is 112 Å².